The van der Waals surface area contributed by atoms with Crippen molar-refractivity contribution in [3.63, 3.8) is 0 Å². The van der Waals surface area contributed by atoms with Crippen LogP contribution in [0.5, 0.6) is 0 Å². The van der Waals surface area contributed by atoms with E-state index >= 15 is 0 Å². The Morgan fingerprint density at radius 3 is 2.67 bits per heavy atom. The number of fused-ring (bicyclic) bond motifs is 1. The number of H-pyrrole nitrogens is 1. The van der Waals surface area contributed by atoms with E-state index in [9.17, 15) is 9.18 Å². The second-order valence-corrected chi connectivity index (χ2v) is 4.81. The molecule has 3 rings (SSSR count). The molecule has 0 saturated carbocycles. The van der Waals surface area contributed by atoms with E-state index in [1.54, 1.807) is 24.3 Å². The molecule has 21 heavy (non-hydrogen) atoms. The molecule has 0 spiro atoms. The Kier molecular flexibility index (Phi) is 3.50. The molecule has 0 radical (unpaired) electrons. The van der Waals surface area contributed by atoms with Crippen LogP contribution >= 0.6 is 0 Å². The fraction of sp³-hybridized carbons (Fsp3) is 0.125. The number of aliphatic hydroxyl groups is 1. The minimum Gasteiger partial charge on any atom is -0.392 e. The molecule has 0 amide bonds. The quantitative estimate of drug-likeness (QED) is 0.774. The number of aromatic amines is 1. The van der Waals surface area contributed by atoms with Crippen LogP contribution < -0.4 is 5.56 Å². The largest absolute Gasteiger partial charge is 0.392 e. The molecule has 2 aromatic carbocycles. The highest BCUT2D eigenvalue weighted by molar-refractivity contribution is 5.83. The number of aromatic nitrogens is 2. The van der Waals surface area contributed by atoms with Crippen molar-refractivity contribution in [3.8, 4) is 0 Å². The molecule has 0 aliphatic rings. The van der Waals surface area contributed by atoms with Crippen LogP contribution in [0.25, 0.3) is 10.8 Å². The zero-order chi connectivity index (χ0) is 14.8. The van der Waals surface area contributed by atoms with Crippen molar-refractivity contribution < 1.29 is 9.50 Å². The number of hydrogen-bond acceptors (Lipinski definition) is 3. The summed E-state index contributed by atoms with van der Waals surface area (Å²) in [7, 11) is 0. The Labute approximate surface area is 119 Å². The third-order valence-electron chi connectivity index (χ3n) is 3.43. The van der Waals surface area contributed by atoms with E-state index in [1.807, 2.05) is 12.1 Å². The smallest absolute Gasteiger partial charge is 0.272 e. The van der Waals surface area contributed by atoms with E-state index in [0.29, 0.717) is 17.5 Å². The summed E-state index contributed by atoms with van der Waals surface area (Å²) in [4.78, 5) is 11.7. The van der Waals surface area contributed by atoms with Crippen LogP contribution in [0.3, 0.4) is 0 Å². The van der Waals surface area contributed by atoms with Gasteiger partial charge in [0.25, 0.3) is 5.56 Å². The summed E-state index contributed by atoms with van der Waals surface area (Å²) in [6.45, 7) is -0.348. The first kappa shape index (κ1) is 13.5. The summed E-state index contributed by atoms with van der Waals surface area (Å²) in [5.74, 6) is -0.430. The molecule has 0 saturated heterocycles. The second kappa shape index (κ2) is 5.46. The molecule has 4 nitrogen and oxygen atoms in total. The van der Waals surface area contributed by atoms with Crippen LogP contribution in [-0.2, 0) is 13.0 Å². The highest BCUT2D eigenvalue weighted by Crippen LogP contribution is 2.18. The van der Waals surface area contributed by atoms with Crippen LogP contribution in [0.1, 0.15) is 16.8 Å². The van der Waals surface area contributed by atoms with Gasteiger partial charge in [0.1, 0.15) is 5.82 Å². The Balaban J connectivity index is 2.06. The van der Waals surface area contributed by atoms with Gasteiger partial charge in [0.05, 0.1) is 17.7 Å². The van der Waals surface area contributed by atoms with Gasteiger partial charge in [-0.25, -0.2) is 9.49 Å². The van der Waals surface area contributed by atoms with Gasteiger partial charge in [0, 0.05) is 17.4 Å². The Morgan fingerprint density at radius 2 is 1.90 bits per heavy atom. The van der Waals surface area contributed by atoms with Gasteiger partial charge in [-0.05, 0) is 17.7 Å². The minimum atomic E-state index is -0.430. The van der Waals surface area contributed by atoms with Crippen molar-refractivity contribution in [1.29, 1.82) is 0 Å². The lowest BCUT2D eigenvalue weighted by Crippen LogP contribution is -2.11. The van der Waals surface area contributed by atoms with Crippen molar-refractivity contribution in [1.82, 2.24) is 10.2 Å². The molecule has 0 aliphatic heterocycles. The molecule has 0 fully saturated rings. The standard InChI is InChI=1S/C16H13FN2O2/c17-14-6-5-10(7-11(14)9-20)8-15-12-3-1-2-4-13(12)16(21)19-18-15/h1-7,20H,8-9H2,(H,19,21). The van der Waals surface area contributed by atoms with Crippen molar-refractivity contribution >= 4 is 10.8 Å². The summed E-state index contributed by atoms with van der Waals surface area (Å²) in [6.07, 6.45) is 0.449. The van der Waals surface area contributed by atoms with Crippen LogP contribution in [0.2, 0.25) is 0 Å². The van der Waals surface area contributed by atoms with Crippen molar-refractivity contribution in [2.75, 3.05) is 0 Å². The van der Waals surface area contributed by atoms with E-state index in [-0.39, 0.29) is 17.7 Å². The number of aliphatic hydroxyl groups excluding tert-OH is 1. The number of rotatable bonds is 3. The molecule has 0 aliphatic carbocycles. The van der Waals surface area contributed by atoms with Gasteiger partial charge in [-0.1, -0.05) is 30.3 Å². The number of halogens is 1. The van der Waals surface area contributed by atoms with Gasteiger partial charge in [-0.3, -0.25) is 4.79 Å². The molecule has 3 aromatic rings. The molecule has 5 heteroatoms. The predicted octanol–water partition coefficient (Wildman–Crippen LogP) is 2.15. The second-order valence-electron chi connectivity index (χ2n) is 4.81. The molecule has 106 valence electrons. The average Bonchev–Trinajstić information content (AvgIpc) is 2.52. The maximum absolute atomic E-state index is 13.4. The molecule has 0 unspecified atom stereocenters. The molecular formula is C16H13FN2O2. The summed E-state index contributed by atoms with van der Waals surface area (Å²) in [6, 6.07) is 11.8. The zero-order valence-electron chi connectivity index (χ0n) is 11.1. The lowest BCUT2D eigenvalue weighted by atomic mass is 10.0. The zero-order valence-corrected chi connectivity index (χ0v) is 11.1. The van der Waals surface area contributed by atoms with E-state index in [4.69, 9.17) is 5.11 Å². The SMILES string of the molecule is O=c1[nH]nc(Cc2ccc(F)c(CO)c2)c2ccccc12. The van der Waals surface area contributed by atoms with Gasteiger partial charge in [0.2, 0.25) is 0 Å². The highest BCUT2D eigenvalue weighted by atomic mass is 19.1. The predicted molar refractivity (Wildman–Crippen MR) is 77.5 cm³/mol. The summed E-state index contributed by atoms with van der Waals surface area (Å²) < 4.78 is 13.4. The fourth-order valence-electron chi connectivity index (χ4n) is 2.36. The first-order chi connectivity index (χ1) is 10.2. The highest BCUT2D eigenvalue weighted by Gasteiger charge is 2.08. The number of benzene rings is 2. The number of nitrogens with zero attached hydrogens (tertiary/aromatic N) is 1. The van der Waals surface area contributed by atoms with Crippen LogP contribution in [0.4, 0.5) is 4.39 Å². The lowest BCUT2D eigenvalue weighted by Gasteiger charge is -2.07. The van der Waals surface area contributed by atoms with Gasteiger partial charge in [0.15, 0.2) is 0 Å². The van der Waals surface area contributed by atoms with Crippen LogP contribution in [-0.4, -0.2) is 15.3 Å². The summed E-state index contributed by atoms with van der Waals surface area (Å²) >= 11 is 0. The fourth-order valence-corrected chi connectivity index (χ4v) is 2.36. The topological polar surface area (TPSA) is 66.0 Å². The van der Waals surface area contributed by atoms with Gasteiger partial charge in [-0.15, -0.1) is 0 Å². The number of nitrogens with one attached hydrogen (secondary N) is 1. The maximum Gasteiger partial charge on any atom is 0.272 e. The third-order valence-corrected chi connectivity index (χ3v) is 3.43. The first-order valence-electron chi connectivity index (χ1n) is 6.53. The average molecular weight is 284 g/mol. The van der Waals surface area contributed by atoms with Gasteiger partial charge >= 0.3 is 0 Å². The van der Waals surface area contributed by atoms with E-state index in [0.717, 1.165) is 10.9 Å². The van der Waals surface area contributed by atoms with Crippen molar-refractivity contribution in [3.05, 3.63) is 75.5 Å². The van der Waals surface area contributed by atoms with E-state index in [1.165, 1.54) is 6.07 Å². The number of hydrogen-bond donors (Lipinski definition) is 2. The van der Waals surface area contributed by atoms with Gasteiger partial charge in [-0.2, -0.15) is 5.10 Å². The van der Waals surface area contributed by atoms with Crippen molar-refractivity contribution in [2.24, 2.45) is 0 Å². The Hall–Kier alpha value is -2.53. The normalized spacial score (nSPS) is 11.0. The van der Waals surface area contributed by atoms with E-state index < -0.39 is 5.82 Å². The van der Waals surface area contributed by atoms with E-state index in [2.05, 4.69) is 10.2 Å². The summed E-state index contributed by atoms with van der Waals surface area (Å²) in [5, 5.41) is 17.0. The maximum atomic E-state index is 13.4. The van der Waals surface area contributed by atoms with Crippen LogP contribution in [0.15, 0.2) is 47.3 Å². The minimum absolute atomic E-state index is 0.232. The molecule has 1 heterocycles. The Bertz CT molecular complexity index is 858. The molecule has 0 atom stereocenters. The molecule has 0 bridgehead atoms. The van der Waals surface area contributed by atoms with Gasteiger partial charge < -0.3 is 5.11 Å². The molecular weight excluding hydrogens is 271 g/mol. The molecule has 1 aromatic heterocycles. The van der Waals surface area contributed by atoms with Crippen LogP contribution in [0, 0.1) is 5.82 Å². The summed E-state index contributed by atoms with van der Waals surface area (Å²) in [5.41, 5.74) is 1.55. The monoisotopic (exact) mass is 284 g/mol. The lowest BCUT2D eigenvalue weighted by molar-refractivity contribution is 0.275. The first-order valence-corrected chi connectivity index (χ1v) is 6.53. The Morgan fingerprint density at radius 1 is 1.14 bits per heavy atom. The molecule has 2 N–H and O–H groups in total. The third kappa shape index (κ3) is 2.55. The van der Waals surface area contributed by atoms with Crippen molar-refractivity contribution in [2.45, 2.75) is 13.0 Å².